The van der Waals surface area contributed by atoms with E-state index in [0.717, 1.165) is 6.42 Å². The van der Waals surface area contributed by atoms with Crippen LogP contribution in [0.4, 0.5) is 9.18 Å². The number of carbonyl (C=O) groups excluding carboxylic acids is 2. The van der Waals surface area contributed by atoms with Crippen molar-refractivity contribution in [1.29, 1.82) is 0 Å². The van der Waals surface area contributed by atoms with Crippen molar-refractivity contribution in [1.82, 2.24) is 16.2 Å². The fourth-order valence-electron chi connectivity index (χ4n) is 1.76. The van der Waals surface area contributed by atoms with Crippen LogP contribution in [0, 0.1) is 5.82 Å². The van der Waals surface area contributed by atoms with Gasteiger partial charge in [-0.1, -0.05) is 18.2 Å². The van der Waals surface area contributed by atoms with Crippen molar-refractivity contribution >= 4 is 23.3 Å². The Morgan fingerprint density at radius 2 is 1.86 bits per heavy atom. The van der Waals surface area contributed by atoms with E-state index in [9.17, 15) is 14.0 Å². The molecule has 0 unspecified atom stereocenters. The van der Waals surface area contributed by atoms with Crippen molar-refractivity contribution in [2.45, 2.75) is 12.8 Å². The number of hydrogen-bond acceptors (Lipinski definition) is 3. The molecule has 5 nitrogen and oxygen atoms in total. The van der Waals surface area contributed by atoms with E-state index in [0.29, 0.717) is 12.1 Å². The molecule has 2 rings (SSSR count). The normalized spacial score (nSPS) is 10.0. The first kappa shape index (κ1) is 16.0. The number of amides is 3. The van der Waals surface area contributed by atoms with Crippen molar-refractivity contribution < 1.29 is 14.0 Å². The van der Waals surface area contributed by atoms with Gasteiger partial charge in [-0.2, -0.15) is 0 Å². The van der Waals surface area contributed by atoms with Gasteiger partial charge in [0, 0.05) is 11.4 Å². The number of rotatable bonds is 5. The van der Waals surface area contributed by atoms with Gasteiger partial charge in [0.05, 0.1) is 6.42 Å². The van der Waals surface area contributed by atoms with E-state index in [1.807, 2.05) is 17.5 Å². The maximum atomic E-state index is 12.7. The maximum absolute atomic E-state index is 12.7. The lowest BCUT2D eigenvalue weighted by atomic mass is 10.1. The monoisotopic (exact) mass is 321 g/mol. The Morgan fingerprint density at radius 3 is 2.55 bits per heavy atom. The van der Waals surface area contributed by atoms with E-state index in [4.69, 9.17) is 0 Å². The highest BCUT2D eigenvalue weighted by molar-refractivity contribution is 7.09. The second-order valence-corrected chi connectivity index (χ2v) is 5.59. The van der Waals surface area contributed by atoms with Crippen molar-refractivity contribution in [3.8, 4) is 0 Å². The number of carbonyl (C=O) groups is 2. The first-order chi connectivity index (χ1) is 10.6. The minimum Gasteiger partial charge on any atom is -0.336 e. The lowest BCUT2D eigenvalue weighted by Gasteiger charge is -2.08. The van der Waals surface area contributed by atoms with E-state index < -0.39 is 6.03 Å². The molecule has 0 aliphatic heterocycles. The second kappa shape index (κ2) is 8.14. The van der Waals surface area contributed by atoms with Crippen LogP contribution < -0.4 is 16.2 Å². The van der Waals surface area contributed by atoms with Crippen molar-refractivity contribution in [2.75, 3.05) is 6.54 Å². The van der Waals surface area contributed by atoms with Crippen LogP contribution in [0.5, 0.6) is 0 Å². The molecule has 3 amide bonds. The van der Waals surface area contributed by atoms with Crippen LogP contribution in [0.25, 0.3) is 0 Å². The van der Waals surface area contributed by atoms with E-state index in [2.05, 4.69) is 16.2 Å². The predicted octanol–water partition coefficient (Wildman–Crippen LogP) is 2.00. The summed E-state index contributed by atoms with van der Waals surface area (Å²) in [6.45, 7) is 0.486. The van der Waals surface area contributed by atoms with Crippen LogP contribution in [0.1, 0.15) is 10.4 Å². The lowest BCUT2D eigenvalue weighted by Crippen LogP contribution is -2.47. The molecule has 1 aromatic carbocycles. The molecular formula is C15H16FN3O2S. The molecular weight excluding hydrogens is 305 g/mol. The zero-order chi connectivity index (χ0) is 15.8. The smallest absolute Gasteiger partial charge is 0.333 e. The van der Waals surface area contributed by atoms with Gasteiger partial charge >= 0.3 is 6.03 Å². The van der Waals surface area contributed by atoms with Crippen LogP contribution in [-0.4, -0.2) is 18.5 Å². The third kappa shape index (κ3) is 5.53. The summed E-state index contributed by atoms with van der Waals surface area (Å²) in [5, 5.41) is 4.62. The third-order valence-corrected chi connectivity index (χ3v) is 3.77. The van der Waals surface area contributed by atoms with Crippen molar-refractivity contribution in [3.05, 3.63) is 58.0 Å². The average molecular weight is 321 g/mol. The van der Waals surface area contributed by atoms with Crippen LogP contribution in [0.15, 0.2) is 41.8 Å². The SMILES string of the molecule is O=C(Cc1ccc(F)cc1)NNC(=O)NCCc1cccs1. The molecule has 0 fully saturated rings. The van der Waals surface area contributed by atoms with Gasteiger partial charge < -0.3 is 5.32 Å². The lowest BCUT2D eigenvalue weighted by molar-refractivity contribution is -0.121. The van der Waals surface area contributed by atoms with E-state index in [1.54, 1.807) is 11.3 Å². The Labute approximate surface area is 131 Å². The molecule has 22 heavy (non-hydrogen) atoms. The van der Waals surface area contributed by atoms with Crippen LogP contribution in [0.2, 0.25) is 0 Å². The molecule has 0 aliphatic carbocycles. The number of hydrazine groups is 1. The first-order valence-electron chi connectivity index (χ1n) is 6.73. The summed E-state index contributed by atoms with van der Waals surface area (Å²) < 4.78 is 12.7. The molecule has 7 heteroatoms. The highest BCUT2D eigenvalue weighted by Gasteiger charge is 2.05. The summed E-state index contributed by atoms with van der Waals surface area (Å²) in [7, 11) is 0. The molecule has 3 N–H and O–H groups in total. The predicted molar refractivity (Wildman–Crippen MR) is 82.8 cm³/mol. The first-order valence-corrected chi connectivity index (χ1v) is 7.61. The van der Waals surface area contributed by atoms with E-state index >= 15 is 0 Å². The quantitative estimate of drug-likeness (QED) is 0.737. The zero-order valence-electron chi connectivity index (χ0n) is 11.8. The number of urea groups is 1. The Bertz CT molecular complexity index is 614. The Morgan fingerprint density at radius 1 is 1.09 bits per heavy atom. The molecule has 0 radical (unpaired) electrons. The molecule has 2 aromatic rings. The van der Waals surface area contributed by atoms with E-state index in [1.165, 1.54) is 29.1 Å². The maximum Gasteiger partial charge on any atom is 0.333 e. The van der Waals surface area contributed by atoms with Crippen LogP contribution >= 0.6 is 11.3 Å². The number of thiophene rings is 1. The van der Waals surface area contributed by atoms with Gasteiger partial charge in [0.1, 0.15) is 5.82 Å². The molecule has 0 spiro atoms. The Balaban J connectivity index is 1.63. The van der Waals surface area contributed by atoms with Crippen LogP contribution in [-0.2, 0) is 17.6 Å². The number of halogens is 1. The molecule has 1 heterocycles. The Hall–Kier alpha value is -2.41. The minimum atomic E-state index is -0.469. The van der Waals surface area contributed by atoms with Gasteiger partial charge in [0.25, 0.3) is 0 Å². The van der Waals surface area contributed by atoms with E-state index in [-0.39, 0.29) is 18.1 Å². The fourth-order valence-corrected chi connectivity index (χ4v) is 2.47. The summed E-state index contributed by atoms with van der Waals surface area (Å²) in [6.07, 6.45) is 0.810. The topological polar surface area (TPSA) is 70.2 Å². The summed E-state index contributed by atoms with van der Waals surface area (Å²) in [5.74, 6) is -0.729. The molecule has 0 bridgehead atoms. The second-order valence-electron chi connectivity index (χ2n) is 4.56. The highest BCUT2D eigenvalue weighted by atomic mass is 32.1. The number of hydrogen-bond donors (Lipinski definition) is 3. The van der Waals surface area contributed by atoms with Gasteiger partial charge in [-0.25, -0.2) is 14.6 Å². The standard InChI is InChI=1S/C15H16FN3O2S/c16-12-5-3-11(4-6-12)10-14(20)18-19-15(21)17-8-7-13-2-1-9-22-13/h1-6,9H,7-8,10H2,(H,18,20)(H2,17,19,21). The van der Waals surface area contributed by atoms with Crippen LogP contribution in [0.3, 0.4) is 0 Å². The van der Waals surface area contributed by atoms with Crippen molar-refractivity contribution in [3.63, 3.8) is 0 Å². The third-order valence-electron chi connectivity index (χ3n) is 2.83. The fraction of sp³-hybridized carbons (Fsp3) is 0.200. The van der Waals surface area contributed by atoms with Gasteiger partial charge in [0.2, 0.25) is 5.91 Å². The summed E-state index contributed by atoms with van der Waals surface area (Å²) in [4.78, 5) is 24.3. The largest absolute Gasteiger partial charge is 0.336 e. The van der Waals surface area contributed by atoms with Gasteiger partial charge in [0.15, 0.2) is 0 Å². The molecule has 0 saturated heterocycles. The van der Waals surface area contributed by atoms with Gasteiger partial charge in [-0.05, 0) is 35.6 Å². The average Bonchev–Trinajstić information content (AvgIpc) is 3.01. The number of benzene rings is 1. The minimum absolute atomic E-state index is 0.0652. The van der Waals surface area contributed by atoms with Gasteiger partial charge in [-0.3, -0.25) is 10.2 Å². The van der Waals surface area contributed by atoms with Gasteiger partial charge in [-0.15, -0.1) is 11.3 Å². The Kier molecular flexibility index (Phi) is 5.91. The highest BCUT2D eigenvalue weighted by Crippen LogP contribution is 2.07. The molecule has 0 saturated carbocycles. The summed E-state index contributed by atoms with van der Waals surface area (Å²) in [6, 6.07) is 9.10. The molecule has 0 atom stereocenters. The zero-order valence-corrected chi connectivity index (χ0v) is 12.6. The number of nitrogens with one attached hydrogen (secondary N) is 3. The van der Waals surface area contributed by atoms with Crippen molar-refractivity contribution in [2.24, 2.45) is 0 Å². The molecule has 116 valence electrons. The molecule has 0 aliphatic rings. The summed E-state index contributed by atoms with van der Waals surface area (Å²) in [5.41, 5.74) is 5.24. The molecule has 1 aromatic heterocycles. The summed E-state index contributed by atoms with van der Waals surface area (Å²) >= 11 is 1.63.